The number of hydrogen-bond acceptors (Lipinski definition) is 6. The number of carbonyl (C=O) groups is 2. The van der Waals surface area contributed by atoms with Gasteiger partial charge in [0.1, 0.15) is 12.0 Å². The number of rotatable bonds is 8. The van der Waals surface area contributed by atoms with Crippen molar-refractivity contribution in [3.63, 3.8) is 0 Å². The number of aldehydes is 1. The molecule has 0 aliphatic rings. The lowest BCUT2D eigenvalue weighted by atomic mass is 10.3. The van der Waals surface area contributed by atoms with E-state index in [4.69, 9.17) is 14.2 Å². The second-order valence-corrected chi connectivity index (χ2v) is 4.03. The molecule has 1 atom stereocenters. The van der Waals surface area contributed by atoms with Gasteiger partial charge in [-0.2, -0.15) is 0 Å². The van der Waals surface area contributed by atoms with Crippen LogP contribution in [0, 0.1) is 0 Å². The van der Waals surface area contributed by atoms with E-state index in [1.165, 1.54) is 6.92 Å². The van der Waals surface area contributed by atoms with Gasteiger partial charge in [0.25, 0.3) is 0 Å². The third-order valence-electron chi connectivity index (χ3n) is 2.37. The monoisotopic (exact) mass is 294 g/mol. The topological polar surface area (TPSA) is 82.1 Å². The van der Waals surface area contributed by atoms with Crippen LogP contribution < -0.4 is 4.74 Å². The number of aliphatic hydroxyl groups is 1. The lowest BCUT2D eigenvalue weighted by Crippen LogP contribution is -2.25. The SMILES string of the molecule is CCOC(=O)[C@H](C)OC(Oc1ccccc1)=C(O)CC=O. The van der Waals surface area contributed by atoms with E-state index in [0.29, 0.717) is 12.0 Å². The van der Waals surface area contributed by atoms with Gasteiger partial charge in [0.15, 0.2) is 11.9 Å². The van der Waals surface area contributed by atoms with Gasteiger partial charge in [-0.15, -0.1) is 0 Å². The first-order valence-corrected chi connectivity index (χ1v) is 6.50. The van der Waals surface area contributed by atoms with Gasteiger partial charge in [0.05, 0.1) is 13.0 Å². The van der Waals surface area contributed by atoms with Gasteiger partial charge < -0.3 is 24.1 Å². The van der Waals surface area contributed by atoms with Crippen molar-refractivity contribution >= 4 is 12.3 Å². The number of ether oxygens (including phenoxy) is 3. The molecule has 0 aliphatic carbocycles. The first-order chi connectivity index (χ1) is 10.1. The van der Waals surface area contributed by atoms with Crippen molar-refractivity contribution in [2.45, 2.75) is 26.4 Å². The molecule has 0 heterocycles. The first-order valence-electron chi connectivity index (χ1n) is 6.50. The van der Waals surface area contributed by atoms with Crippen molar-refractivity contribution in [1.29, 1.82) is 0 Å². The summed E-state index contributed by atoms with van der Waals surface area (Å²) in [5, 5.41) is 9.78. The second-order valence-electron chi connectivity index (χ2n) is 4.03. The van der Waals surface area contributed by atoms with Crippen molar-refractivity contribution in [2.75, 3.05) is 6.61 Å². The molecule has 1 aromatic rings. The smallest absolute Gasteiger partial charge is 0.347 e. The highest BCUT2D eigenvalue weighted by Gasteiger charge is 2.21. The lowest BCUT2D eigenvalue weighted by molar-refractivity contribution is -0.155. The van der Waals surface area contributed by atoms with E-state index in [2.05, 4.69) is 0 Å². The molecule has 0 amide bonds. The zero-order valence-corrected chi connectivity index (χ0v) is 11.9. The molecule has 0 spiro atoms. The number of hydrogen-bond donors (Lipinski definition) is 1. The Morgan fingerprint density at radius 3 is 2.57 bits per heavy atom. The lowest BCUT2D eigenvalue weighted by Gasteiger charge is -2.17. The van der Waals surface area contributed by atoms with Crippen LogP contribution >= 0.6 is 0 Å². The van der Waals surface area contributed by atoms with Crippen LogP contribution in [0.15, 0.2) is 42.0 Å². The van der Waals surface area contributed by atoms with Gasteiger partial charge in [0.2, 0.25) is 0 Å². The van der Waals surface area contributed by atoms with Crippen molar-refractivity contribution in [3.05, 3.63) is 42.0 Å². The maximum absolute atomic E-state index is 11.5. The summed E-state index contributed by atoms with van der Waals surface area (Å²) in [7, 11) is 0. The predicted molar refractivity (Wildman–Crippen MR) is 74.6 cm³/mol. The zero-order valence-electron chi connectivity index (χ0n) is 11.9. The minimum absolute atomic E-state index is 0.214. The Labute approximate surface area is 122 Å². The van der Waals surface area contributed by atoms with Gasteiger partial charge >= 0.3 is 11.9 Å². The minimum atomic E-state index is -0.975. The number of para-hydroxylation sites is 1. The van der Waals surface area contributed by atoms with Gasteiger partial charge in [-0.1, -0.05) is 18.2 Å². The first kappa shape index (κ1) is 16.6. The van der Waals surface area contributed by atoms with Crippen LogP contribution in [-0.4, -0.2) is 30.1 Å². The largest absolute Gasteiger partial charge is 0.505 e. The molecule has 0 aromatic heterocycles. The van der Waals surface area contributed by atoms with Crippen molar-refractivity contribution in [3.8, 4) is 5.75 Å². The van der Waals surface area contributed by atoms with Crippen LogP contribution in [0.5, 0.6) is 5.75 Å². The molecule has 6 heteroatoms. The molecule has 0 radical (unpaired) electrons. The average molecular weight is 294 g/mol. The molecule has 21 heavy (non-hydrogen) atoms. The van der Waals surface area contributed by atoms with E-state index >= 15 is 0 Å². The summed E-state index contributed by atoms with van der Waals surface area (Å²) in [5.41, 5.74) is 0. The number of aliphatic hydroxyl groups excluding tert-OH is 1. The van der Waals surface area contributed by atoms with E-state index in [1.54, 1.807) is 37.3 Å². The average Bonchev–Trinajstić information content (AvgIpc) is 2.48. The number of allylic oxidation sites excluding steroid dienone is 1. The standard InChI is InChI=1S/C15H18O6/c1-3-19-14(18)11(2)20-15(13(17)9-10-16)21-12-7-5-4-6-8-12/h4-8,10-11,17H,3,9H2,1-2H3/t11-/m0/s1. The van der Waals surface area contributed by atoms with Gasteiger partial charge in [-0.25, -0.2) is 4.79 Å². The van der Waals surface area contributed by atoms with Crippen molar-refractivity contribution < 1.29 is 28.9 Å². The Morgan fingerprint density at radius 2 is 2.00 bits per heavy atom. The third-order valence-corrected chi connectivity index (χ3v) is 2.37. The highest BCUT2D eigenvalue weighted by molar-refractivity contribution is 5.74. The van der Waals surface area contributed by atoms with Crippen LogP contribution in [0.1, 0.15) is 20.3 Å². The summed E-state index contributed by atoms with van der Waals surface area (Å²) in [6, 6.07) is 8.56. The Balaban J connectivity index is 2.86. The molecule has 0 unspecified atom stereocenters. The Kier molecular flexibility index (Phi) is 6.80. The third kappa shape index (κ3) is 5.56. The molecule has 6 nitrogen and oxygen atoms in total. The number of benzene rings is 1. The predicted octanol–water partition coefficient (Wildman–Crippen LogP) is 2.35. The highest BCUT2D eigenvalue weighted by atomic mass is 16.7. The van der Waals surface area contributed by atoms with E-state index in [-0.39, 0.29) is 19.0 Å². The summed E-state index contributed by atoms with van der Waals surface area (Å²) in [5.74, 6) is -0.884. The molecule has 0 saturated heterocycles. The molecule has 0 aliphatic heterocycles. The summed E-state index contributed by atoms with van der Waals surface area (Å²) in [4.78, 5) is 22.0. The Bertz CT molecular complexity index is 494. The van der Waals surface area contributed by atoms with E-state index in [9.17, 15) is 14.7 Å². The summed E-state index contributed by atoms with van der Waals surface area (Å²) < 4.78 is 15.4. The molecule has 0 bridgehead atoms. The molecule has 1 N–H and O–H groups in total. The van der Waals surface area contributed by atoms with Gasteiger partial charge in [-0.05, 0) is 26.0 Å². The molecular weight excluding hydrogens is 276 g/mol. The Morgan fingerprint density at radius 1 is 1.33 bits per heavy atom. The van der Waals surface area contributed by atoms with Crippen LogP contribution in [0.2, 0.25) is 0 Å². The molecule has 0 fully saturated rings. The molecule has 1 aromatic carbocycles. The maximum Gasteiger partial charge on any atom is 0.347 e. The molecular formula is C15H18O6. The summed E-state index contributed by atoms with van der Waals surface area (Å²) in [6.07, 6.45) is -0.753. The van der Waals surface area contributed by atoms with E-state index < -0.39 is 17.8 Å². The van der Waals surface area contributed by atoms with Crippen LogP contribution in [0.3, 0.4) is 0 Å². The van der Waals surface area contributed by atoms with Crippen LogP contribution in [0.25, 0.3) is 0 Å². The number of esters is 1. The second kappa shape index (κ2) is 8.63. The summed E-state index contributed by atoms with van der Waals surface area (Å²) in [6.45, 7) is 3.34. The normalized spacial score (nSPS) is 12.9. The van der Waals surface area contributed by atoms with E-state index in [0.717, 1.165) is 0 Å². The molecule has 0 saturated carbocycles. The molecule has 1 rings (SSSR count). The van der Waals surface area contributed by atoms with Crippen molar-refractivity contribution in [1.82, 2.24) is 0 Å². The summed E-state index contributed by atoms with van der Waals surface area (Å²) >= 11 is 0. The van der Waals surface area contributed by atoms with Gasteiger partial charge in [0, 0.05) is 0 Å². The Hall–Kier alpha value is -2.50. The van der Waals surface area contributed by atoms with E-state index in [1.807, 2.05) is 0 Å². The minimum Gasteiger partial charge on any atom is -0.505 e. The fraction of sp³-hybridized carbons (Fsp3) is 0.333. The van der Waals surface area contributed by atoms with Gasteiger partial charge in [-0.3, -0.25) is 0 Å². The van der Waals surface area contributed by atoms with Crippen molar-refractivity contribution in [2.24, 2.45) is 0 Å². The number of carbonyl (C=O) groups excluding carboxylic acids is 2. The molecule has 114 valence electrons. The van der Waals surface area contributed by atoms with Crippen LogP contribution in [0.4, 0.5) is 0 Å². The van der Waals surface area contributed by atoms with Crippen LogP contribution in [-0.2, 0) is 19.1 Å². The zero-order chi connectivity index (χ0) is 15.7. The maximum atomic E-state index is 11.5. The highest BCUT2D eigenvalue weighted by Crippen LogP contribution is 2.18. The fourth-order valence-corrected chi connectivity index (χ4v) is 1.38. The fourth-order valence-electron chi connectivity index (χ4n) is 1.38. The quantitative estimate of drug-likeness (QED) is 0.450.